The lowest BCUT2D eigenvalue weighted by molar-refractivity contribution is 0.0826. The monoisotopic (exact) mass is 334 g/mol. The maximum absolute atomic E-state index is 12.7. The number of hydrogen-bond donors (Lipinski definition) is 1. The normalized spacial score (nSPS) is 18.7. The Morgan fingerprint density at radius 3 is 3.00 bits per heavy atom. The lowest BCUT2D eigenvalue weighted by Gasteiger charge is -2.26. The van der Waals surface area contributed by atoms with Crippen LogP contribution in [0.1, 0.15) is 30.4 Å². The minimum atomic E-state index is -0.0854. The van der Waals surface area contributed by atoms with Gasteiger partial charge in [-0.25, -0.2) is 4.79 Å². The van der Waals surface area contributed by atoms with Gasteiger partial charge >= 0.3 is 6.03 Å². The molecule has 3 rings (SSSR count). The van der Waals surface area contributed by atoms with Gasteiger partial charge in [-0.2, -0.15) is 0 Å². The molecule has 1 aliphatic rings. The van der Waals surface area contributed by atoms with Crippen molar-refractivity contribution in [3.05, 3.63) is 46.5 Å². The SMILES string of the molecule is C[C@@H](NC(=O)N(Cc1ccco1)Cc1cccs1)[C@H]1CCCO1. The highest BCUT2D eigenvalue weighted by Gasteiger charge is 2.26. The van der Waals surface area contributed by atoms with Gasteiger partial charge in [0.15, 0.2) is 0 Å². The number of thiophene rings is 1. The number of hydrogen-bond acceptors (Lipinski definition) is 4. The molecule has 1 saturated heterocycles. The van der Waals surface area contributed by atoms with E-state index in [1.165, 1.54) is 0 Å². The average Bonchev–Trinajstić information content (AvgIpc) is 3.30. The van der Waals surface area contributed by atoms with E-state index in [2.05, 4.69) is 5.32 Å². The van der Waals surface area contributed by atoms with E-state index < -0.39 is 0 Å². The number of carbonyl (C=O) groups is 1. The Bertz CT molecular complexity index is 555. The molecular formula is C17H22N2O3S. The third-order valence-electron chi connectivity index (χ3n) is 4.01. The van der Waals surface area contributed by atoms with E-state index in [0.717, 1.165) is 30.1 Å². The molecule has 6 heteroatoms. The molecule has 2 atom stereocenters. The molecule has 0 aliphatic carbocycles. The van der Waals surface area contributed by atoms with Crippen LogP contribution in [0.4, 0.5) is 4.79 Å². The maximum atomic E-state index is 12.7. The summed E-state index contributed by atoms with van der Waals surface area (Å²) in [6.45, 7) is 3.82. The Hall–Kier alpha value is -1.79. The highest BCUT2D eigenvalue weighted by atomic mass is 32.1. The third-order valence-corrected chi connectivity index (χ3v) is 4.88. The van der Waals surface area contributed by atoms with Crippen molar-refractivity contribution in [1.29, 1.82) is 0 Å². The topological polar surface area (TPSA) is 54.7 Å². The summed E-state index contributed by atoms with van der Waals surface area (Å²) < 4.78 is 11.1. The Morgan fingerprint density at radius 1 is 1.43 bits per heavy atom. The smallest absolute Gasteiger partial charge is 0.318 e. The number of carbonyl (C=O) groups excluding carboxylic acids is 1. The molecule has 2 aromatic heterocycles. The molecule has 2 amide bonds. The number of rotatable bonds is 6. The third kappa shape index (κ3) is 4.36. The summed E-state index contributed by atoms with van der Waals surface area (Å²) in [6.07, 6.45) is 3.82. The van der Waals surface area contributed by atoms with E-state index in [4.69, 9.17) is 9.15 Å². The Labute approximate surface area is 140 Å². The minimum Gasteiger partial charge on any atom is -0.467 e. The lowest BCUT2D eigenvalue weighted by atomic mass is 10.1. The molecule has 1 fully saturated rings. The second kappa shape index (κ2) is 7.66. The van der Waals surface area contributed by atoms with Gasteiger partial charge < -0.3 is 19.4 Å². The van der Waals surface area contributed by atoms with Gasteiger partial charge in [0, 0.05) is 11.5 Å². The van der Waals surface area contributed by atoms with Crippen molar-refractivity contribution >= 4 is 17.4 Å². The van der Waals surface area contributed by atoms with Crippen molar-refractivity contribution in [2.75, 3.05) is 6.61 Å². The van der Waals surface area contributed by atoms with Crippen LogP contribution < -0.4 is 5.32 Å². The first-order valence-corrected chi connectivity index (χ1v) is 8.82. The van der Waals surface area contributed by atoms with Crippen molar-refractivity contribution in [3.8, 4) is 0 Å². The molecule has 2 aromatic rings. The standard InChI is InChI=1S/C17H22N2O3S/c1-13(16-7-3-9-22-16)18-17(20)19(11-14-5-2-8-21-14)12-15-6-4-10-23-15/h2,4-6,8,10,13,16H,3,7,9,11-12H2,1H3,(H,18,20)/t13-,16-/m1/s1. The quantitative estimate of drug-likeness (QED) is 0.878. The van der Waals surface area contributed by atoms with Gasteiger partial charge in [0.2, 0.25) is 0 Å². The Kier molecular flexibility index (Phi) is 5.35. The first-order valence-electron chi connectivity index (χ1n) is 7.94. The zero-order chi connectivity index (χ0) is 16.1. The number of nitrogens with zero attached hydrogens (tertiary/aromatic N) is 1. The minimum absolute atomic E-state index is 0.00689. The van der Waals surface area contributed by atoms with E-state index in [1.807, 2.05) is 36.6 Å². The van der Waals surface area contributed by atoms with Gasteiger partial charge in [-0.3, -0.25) is 0 Å². The summed E-state index contributed by atoms with van der Waals surface area (Å²) >= 11 is 1.65. The molecule has 124 valence electrons. The number of furan rings is 1. The van der Waals surface area contributed by atoms with Crippen LogP contribution in [-0.4, -0.2) is 29.7 Å². The summed E-state index contributed by atoms with van der Waals surface area (Å²) in [7, 11) is 0. The van der Waals surface area contributed by atoms with Crippen molar-refractivity contribution in [2.24, 2.45) is 0 Å². The number of urea groups is 1. The van der Waals surface area contributed by atoms with Gasteiger partial charge in [0.05, 0.1) is 31.5 Å². The van der Waals surface area contributed by atoms with Crippen LogP contribution >= 0.6 is 11.3 Å². The number of ether oxygens (including phenoxy) is 1. The van der Waals surface area contributed by atoms with Gasteiger partial charge in [0.1, 0.15) is 5.76 Å². The molecule has 0 unspecified atom stereocenters. The fraction of sp³-hybridized carbons (Fsp3) is 0.471. The van der Waals surface area contributed by atoms with Gasteiger partial charge in [-0.05, 0) is 43.3 Å². The van der Waals surface area contributed by atoms with E-state index in [0.29, 0.717) is 13.1 Å². The first-order chi connectivity index (χ1) is 11.2. The van der Waals surface area contributed by atoms with Crippen LogP contribution in [0.2, 0.25) is 0 Å². The van der Waals surface area contributed by atoms with Crippen LogP contribution in [0.15, 0.2) is 40.3 Å². The average molecular weight is 334 g/mol. The summed E-state index contributed by atoms with van der Waals surface area (Å²) in [6, 6.07) is 7.68. The van der Waals surface area contributed by atoms with Crippen molar-refractivity contribution in [1.82, 2.24) is 10.2 Å². The molecule has 1 aliphatic heterocycles. The van der Waals surface area contributed by atoms with E-state index in [1.54, 1.807) is 22.5 Å². The van der Waals surface area contributed by atoms with Crippen molar-refractivity contribution in [3.63, 3.8) is 0 Å². The van der Waals surface area contributed by atoms with E-state index in [-0.39, 0.29) is 18.2 Å². The van der Waals surface area contributed by atoms with Gasteiger partial charge in [0.25, 0.3) is 0 Å². The molecule has 3 heterocycles. The number of nitrogens with one attached hydrogen (secondary N) is 1. The van der Waals surface area contributed by atoms with Crippen LogP contribution in [-0.2, 0) is 17.8 Å². The zero-order valence-electron chi connectivity index (χ0n) is 13.2. The Balaban J connectivity index is 1.64. The highest BCUT2D eigenvalue weighted by Crippen LogP contribution is 2.18. The highest BCUT2D eigenvalue weighted by molar-refractivity contribution is 7.09. The Morgan fingerprint density at radius 2 is 2.35 bits per heavy atom. The van der Waals surface area contributed by atoms with Crippen molar-refractivity contribution < 1.29 is 13.9 Å². The molecule has 0 spiro atoms. The predicted molar refractivity (Wildman–Crippen MR) is 89.2 cm³/mol. The summed E-state index contributed by atoms with van der Waals surface area (Å²) in [4.78, 5) is 15.6. The molecule has 0 aromatic carbocycles. The number of amides is 2. The van der Waals surface area contributed by atoms with E-state index in [9.17, 15) is 4.79 Å². The van der Waals surface area contributed by atoms with Gasteiger partial charge in [-0.15, -0.1) is 11.3 Å². The van der Waals surface area contributed by atoms with E-state index >= 15 is 0 Å². The summed E-state index contributed by atoms with van der Waals surface area (Å²) in [5.74, 6) is 0.779. The van der Waals surface area contributed by atoms with Crippen LogP contribution in [0.5, 0.6) is 0 Å². The second-order valence-electron chi connectivity index (χ2n) is 5.80. The fourth-order valence-electron chi connectivity index (χ4n) is 2.76. The maximum Gasteiger partial charge on any atom is 0.318 e. The molecule has 0 bridgehead atoms. The predicted octanol–water partition coefficient (Wildman–Crippen LogP) is 3.62. The zero-order valence-corrected chi connectivity index (χ0v) is 14.1. The molecule has 1 N–H and O–H groups in total. The van der Waals surface area contributed by atoms with Crippen LogP contribution in [0.25, 0.3) is 0 Å². The molecule has 0 radical (unpaired) electrons. The first kappa shape index (κ1) is 16.1. The van der Waals surface area contributed by atoms with Crippen LogP contribution in [0.3, 0.4) is 0 Å². The fourth-order valence-corrected chi connectivity index (χ4v) is 3.48. The summed E-state index contributed by atoms with van der Waals surface area (Å²) in [5.41, 5.74) is 0. The molecular weight excluding hydrogens is 312 g/mol. The summed E-state index contributed by atoms with van der Waals surface area (Å²) in [5, 5.41) is 5.09. The molecule has 0 saturated carbocycles. The molecule has 23 heavy (non-hydrogen) atoms. The second-order valence-corrected chi connectivity index (χ2v) is 6.84. The van der Waals surface area contributed by atoms with Gasteiger partial charge in [-0.1, -0.05) is 6.07 Å². The van der Waals surface area contributed by atoms with Crippen LogP contribution in [0, 0.1) is 0 Å². The molecule has 5 nitrogen and oxygen atoms in total. The van der Waals surface area contributed by atoms with Crippen molar-refractivity contribution in [2.45, 2.75) is 45.0 Å². The lowest BCUT2D eigenvalue weighted by Crippen LogP contribution is -2.47. The largest absolute Gasteiger partial charge is 0.467 e.